The highest BCUT2D eigenvalue weighted by molar-refractivity contribution is 9.11. The predicted octanol–water partition coefficient (Wildman–Crippen LogP) is 5.97. The molecule has 0 aliphatic rings. The topological polar surface area (TPSA) is 27.0 Å². The van der Waals surface area contributed by atoms with Gasteiger partial charge in [0.1, 0.15) is 6.54 Å². The summed E-state index contributed by atoms with van der Waals surface area (Å²) >= 11 is 4.38. The monoisotopic (exact) mass is 442 g/mol. The SMILES string of the molecule is N#Cc1ccc(N(Cc2ccc(Br)s2)CC(F)(F)F)cc1C(F)(F)F. The van der Waals surface area contributed by atoms with Crippen LogP contribution in [0.25, 0.3) is 0 Å². The van der Waals surface area contributed by atoms with Crippen LogP contribution in [0, 0.1) is 11.3 Å². The van der Waals surface area contributed by atoms with Crippen LogP contribution in [-0.2, 0) is 12.7 Å². The summed E-state index contributed by atoms with van der Waals surface area (Å²) in [5, 5.41) is 8.79. The van der Waals surface area contributed by atoms with Crippen molar-refractivity contribution in [2.75, 3.05) is 11.4 Å². The lowest BCUT2D eigenvalue weighted by molar-refractivity contribution is -0.137. The van der Waals surface area contributed by atoms with E-state index in [0.29, 0.717) is 14.7 Å². The van der Waals surface area contributed by atoms with Crippen LogP contribution in [0.4, 0.5) is 32.0 Å². The second kappa shape index (κ2) is 7.25. The van der Waals surface area contributed by atoms with Gasteiger partial charge in [-0.2, -0.15) is 31.6 Å². The van der Waals surface area contributed by atoms with Crippen molar-refractivity contribution in [1.82, 2.24) is 0 Å². The van der Waals surface area contributed by atoms with Crippen molar-refractivity contribution in [3.05, 3.63) is 50.1 Å². The second-order valence-electron chi connectivity index (χ2n) is 5.02. The van der Waals surface area contributed by atoms with E-state index >= 15 is 0 Å². The average molecular weight is 443 g/mol. The molecule has 0 atom stereocenters. The summed E-state index contributed by atoms with van der Waals surface area (Å²) in [6.07, 6.45) is -9.43. The summed E-state index contributed by atoms with van der Waals surface area (Å²) in [5.41, 5.74) is -2.15. The first-order valence-electron chi connectivity index (χ1n) is 6.67. The van der Waals surface area contributed by atoms with Crippen LogP contribution < -0.4 is 4.90 Å². The normalized spacial score (nSPS) is 12.1. The highest BCUT2D eigenvalue weighted by atomic mass is 79.9. The van der Waals surface area contributed by atoms with E-state index in [9.17, 15) is 26.3 Å². The molecule has 10 heteroatoms. The van der Waals surface area contributed by atoms with Crippen LogP contribution in [0.3, 0.4) is 0 Å². The molecule has 0 aliphatic heterocycles. The molecule has 0 fully saturated rings. The summed E-state index contributed by atoms with van der Waals surface area (Å²) in [4.78, 5) is 1.35. The van der Waals surface area contributed by atoms with E-state index in [4.69, 9.17) is 5.26 Å². The van der Waals surface area contributed by atoms with Crippen LogP contribution >= 0.6 is 27.3 Å². The van der Waals surface area contributed by atoms with Gasteiger partial charge in [0.25, 0.3) is 0 Å². The number of nitrogens with zero attached hydrogens (tertiary/aromatic N) is 2. The number of halogens is 7. The summed E-state index contributed by atoms with van der Waals surface area (Å²) < 4.78 is 78.4. The van der Waals surface area contributed by atoms with Crippen LogP contribution in [0.2, 0.25) is 0 Å². The average Bonchev–Trinajstić information content (AvgIpc) is 2.89. The zero-order chi connectivity index (χ0) is 18.8. The first-order chi connectivity index (χ1) is 11.5. The lowest BCUT2D eigenvalue weighted by Gasteiger charge is -2.26. The lowest BCUT2D eigenvalue weighted by atomic mass is 10.1. The Morgan fingerprint density at radius 2 is 1.76 bits per heavy atom. The van der Waals surface area contributed by atoms with Gasteiger partial charge in [0, 0.05) is 10.6 Å². The van der Waals surface area contributed by atoms with Crippen molar-refractivity contribution in [3.8, 4) is 6.07 Å². The van der Waals surface area contributed by atoms with Crippen LogP contribution in [0.5, 0.6) is 0 Å². The largest absolute Gasteiger partial charge is 0.417 e. The Morgan fingerprint density at radius 3 is 2.24 bits per heavy atom. The van der Waals surface area contributed by atoms with Crippen LogP contribution in [-0.4, -0.2) is 12.7 Å². The third-order valence-corrected chi connectivity index (χ3v) is 4.75. The Balaban J connectivity index is 2.44. The summed E-state index contributed by atoms with van der Waals surface area (Å²) in [6, 6.07) is 7.18. The molecule has 0 spiro atoms. The molecule has 0 aliphatic carbocycles. The van der Waals surface area contributed by atoms with Gasteiger partial charge in [-0.3, -0.25) is 0 Å². The number of benzene rings is 1. The van der Waals surface area contributed by atoms with Crippen molar-refractivity contribution in [2.24, 2.45) is 0 Å². The fourth-order valence-corrected chi connectivity index (χ4v) is 3.64. The third-order valence-electron chi connectivity index (χ3n) is 3.14. The Morgan fingerprint density at radius 1 is 1.08 bits per heavy atom. The number of hydrogen-bond donors (Lipinski definition) is 0. The predicted molar refractivity (Wildman–Crippen MR) is 85.3 cm³/mol. The number of alkyl halides is 6. The van der Waals surface area contributed by atoms with Crippen molar-refractivity contribution >= 4 is 33.0 Å². The molecule has 0 radical (unpaired) electrons. The summed E-state index contributed by atoms with van der Waals surface area (Å²) in [6.45, 7) is -1.62. The van der Waals surface area contributed by atoms with Gasteiger partial charge in [0.2, 0.25) is 0 Å². The Hall–Kier alpha value is -1.73. The number of hydrogen-bond acceptors (Lipinski definition) is 3. The first kappa shape index (κ1) is 19.6. The minimum atomic E-state index is -4.84. The van der Waals surface area contributed by atoms with Crippen molar-refractivity contribution in [3.63, 3.8) is 0 Å². The van der Waals surface area contributed by atoms with Gasteiger partial charge in [-0.25, -0.2) is 0 Å². The van der Waals surface area contributed by atoms with E-state index in [0.717, 1.165) is 17.0 Å². The Bertz CT molecular complexity index is 791. The summed E-state index contributed by atoms with van der Waals surface area (Å²) in [5.74, 6) is 0. The van der Waals surface area contributed by atoms with E-state index in [-0.39, 0.29) is 12.2 Å². The van der Waals surface area contributed by atoms with Crippen LogP contribution in [0.15, 0.2) is 34.1 Å². The van der Waals surface area contributed by atoms with Crippen molar-refractivity contribution in [1.29, 1.82) is 5.26 Å². The number of rotatable bonds is 4. The van der Waals surface area contributed by atoms with E-state index in [2.05, 4.69) is 15.9 Å². The van der Waals surface area contributed by atoms with E-state index in [1.54, 1.807) is 12.1 Å². The Labute approximate surface area is 151 Å². The van der Waals surface area contributed by atoms with Crippen molar-refractivity contribution < 1.29 is 26.3 Å². The molecule has 2 rings (SSSR count). The zero-order valence-corrected chi connectivity index (χ0v) is 14.7. The molecule has 0 saturated heterocycles. The highest BCUT2D eigenvalue weighted by Crippen LogP contribution is 2.36. The minimum absolute atomic E-state index is 0.209. The van der Waals surface area contributed by atoms with Gasteiger partial charge in [-0.15, -0.1) is 11.3 Å². The fourth-order valence-electron chi connectivity index (χ4n) is 2.14. The number of thiophene rings is 1. The molecule has 134 valence electrons. The zero-order valence-electron chi connectivity index (χ0n) is 12.2. The maximum atomic E-state index is 13.1. The molecular formula is C15H9BrF6N2S. The fraction of sp³-hybridized carbons (Fsp3) is 0.267. The molecule has 1 heterocycles. The highest BCUT2D eigenvalue weighted by Gasteiger charge is 2.36. The first-order valence-corrected chi connectivity index (χ1v) is 8.28. The van der Waals surface area contributed by atoms with Gasteiger partial charge in [0.05, 0.1) is 27.5 Å². The van der Waals surface area contributed by atoms with Gasteiger partial charge in [-0.1, -0.05) is 0 Å². The molecule has 0 amide bonds. The molecule has 2 aromatic rings. The molecule has 25 heavy (non-hydrogen) atoms. The van der Waals surface area contributed by atoms with Gasteiger partial charge in [0.15, 0.2) is 0 Å². The number of anilines is 1. The molecule has 1 aromatic heterocycles. The van der Waals surface area contributed by atoms with Crippen molar-refractivity contribution in [2.45, 2.75) is 18.9 Å². The standard InChI is InChI=1S/C15H9BrF6N2S/c16-13-4-3-11(25-13)7-24(8-14(17,18)19)10-2-1-9(6-23)12(5-10)15(20,21)22/h1-5H,7-8H2. The molecule has 0 unspecified atom stereocenters. The molecule has 0 saturated carbocycles. The van der Waals surface area contributed by atoms with Gasteiger partial charge >= 0.3 is 12.4 Å². The smallest absolute Gasteiger partial charge is 0.357 e. The maximum Gasteiger partial charge on any atom is 0.417 e. The quantitative estimate of drug-likeness (QED) is 0.545. The Kier molecular flexibility index (Phi) is 5.68. The molecular weight excluding hydrogens is 434 g/mol. The van der Waals surface area contributed by atoms with Gasteiger partial charge in [-0.05, 0) is 46.3 Å². The molecule has 1 aromatic carbocycles. The molecule has 0 N–H and O–H groups in total. The number of nitriles is 1. The van der Waals surface area contributed by atoms with E-state index in [1.807, 2.05) is 0 Å². The second-order valence-corrected chi connectivity index (χ2v) is 7.56. The van der Waals surface area contributed by atoms with Crippen LogP contribution in [0.1, 0.15) is 16.0 Å². The maximum absolute atomic E-state index is 13.1. The lowest BCUT2D eigenvalue weighted by Crippen LogP contribution is -2.33. The minimum Gasteiger partial charge on any atom is -0.357 e. The van der Waals surface area contributed by atoms with Gasteiger partial charge < -0.3 is 4.90 Å². The summed E-state index contributed by atoms with van der Waals surface area (Å²) in [7, 11) is 0. The third kappa shape index (κ3) is 5.37. The van der Waals surface area contributed by atoms with E-state index < -0.39 is 30.0 Å². The molecule has 0 bridgehead atoms. The molecule has 2 nitrogen and oxygen atoms in total. The van der Waals surface area contributed by atoms with E-state index in [1.165, 1.54) is 17.4 Å².